The molecule has 1 saturated heterocycles. The average Bonchev–Trinajstić information content (AvgIpc) is 2.65. The highest BCUT2D eigenvalue weighted by atomic mass is 16.2. The van der Waals surface area contributed by atoms with Crippen molar-refractivity contribution in [1.29, 1.82) is 0 Å². The van der Waals surface area contributed by atoms with Crippen LogP contribution in [0.1, 0.15) is 23.2 Å². The van der Waals surface area contributed by atoms with E-state index in [1.807, 2.05) is 18.2 Å². The molecule has 0 aliphatic carbocycles. The molecule has 2 heterocycles. The van der Waals surface area contributed by atoms with Crippen LogP contribution >= 0.6 is 0 Å². The molecule has 1 fully saturated rings. The SMILES string of the molecule is O=C(NC1CCN(C(=O)Cn2ccccc2=O)CC1)c1ccccc1. The summed E-state index contributed by atoms with van der Waals surface area (Å²) in [6.45, 7) is 1.22. The minimum absolute atomic E-state index is 0.0563. The molecule has 6 nitrogen and oxygen atoms in total. The number of hydrogen-bond donors (Lipinski definition) is 1. The summed E-state index contributed by atoms with van der Waals surface area (Å²) in [7, 11) is 0. The number of likely N-dealkylation sites (tertiary alicyclic amines) is 1. The predicted molar refractivity (Wildman–Crippen MR) is 94.2 cm³/mol. The van der Waals surface area contributed by atoms with Gasteiger partial charge in [0.25, 0.3) is 11.5 Å². The Hall–Kier alpha value is -2.89. The number of carbonyl (C=O) groups excluding carboxylic acids is 2. The van der Waals surface area contributed by atoms with Gasteiger partial charge in [-0.05, 0) is 31.0 Å². The molecule has 2 aromatic rings. The Morgan fingerprint density at radius 1 is 1.00 bits per heavy atom. The van der Waals surface area contributed by atoms with Crippen LogP contribution in [0.2, 0.25) is 0 Å². The molecule has 1 aromatic heterocycles. The van der Waals surface area contributed by atoms with Gasteiger partial charge >= 0.3 is 0 Å². The highest BCUT2D eigenvalue weighted by Crippen LogP contribution is 2.12. The smallest absolute Gasteiger partial charge is 0.251 e. The number of piperidine rings is 1. The third kappa shape index (κ3) is 4.35. The van der Waals surface area contributed by atoms with Gasteiger partial charge in [0.1, 0.15) is 6.54 Å². The summed E-state index contributed by atoms with van der Waals surface area (Å²) in [4.78, 5) is 38.0. The Bertz CT molecular complexity index is 793. The number of hydrogen-bond acceptors (Lipinski definition) is 3. The van der Waals surface area contributed by atoms with Gasteiger partial charge in [-0.1, -0.05) is 24.3 Å². The van der Waals surface area contributed by atoms with Gasteiger partial charge in [0.15, 0.2) is 0 Å². The number of nitrogens with zero attached hydrogens (tertiary/aromatic N) is 2. The molecule has 1 aliphatic heterocycles. The summed E-state index contributed by atoms with van der Waals surface area (Å²) < 4.78 is 1.41. The zero-order valence-electron chi connectivity index (χ0n) is 13.9. The maximum absolute atomic E-state index is 12.3. The topological polar surface area (TPSA) is 71.4 Å². The van der Waals surface area contributed by atoms with Crippen molar-refractivity contribution in [2.75, 3.05) is 13.1 Å². The zero-order chi connectivity index (χ0) is 17.6. The van der Waals surface area contributed by atoms with Gasteiger partial charge in [-0.15, -0.1) is 0 Å². The second kappa shape index (κ2) is 7.79. The summed E-state index contributed by atoms with van der Waals surface area (Å²) in [5.41, 5.74) is 0.463. The highest BCUT2D eigenvalue weighted by molar-refractivity contribution is 5.94. The molecule has 130 valence electrons. The first-order valence-electron chi connectivity index (χ1n) is 8.42. The number of aromatic nitrogens is 1. The van der Waals surface area contributed by atoms with E-state index < -0.39 is 0 Å². The fourth-order valence-corrected chi connectivity index (χ4v) is 2.97. The van der Waals surface area contributed by atoms with Gasteiger partial charge in [0.2, 0.25) is 5.91 Å². The molecule has 0 spiro atoms. The van der Waals surface area contributed by atoms with E-state index in [4.69, 9.17) is 0 Å². The molecule has 3 rings (SSSR count). The van der Waals surface area contributed by atoms with Crippen LogP contribution < -0.4 is 10.9 Å². The molecule has 1 aliphatic rings. The van der Waals surface area contributed by atoms with Crippen molar-refractivity contribution in [2.45, 2.75) is 25.4 Å². The molecule has 25 heavy (non-hydrogen) atoms. The maximum atomic E-state index is 12.3. The average molecular weight is 339 g/mol. The Balaban J connectivity index is 1.50. The van der Waals surface area contributed by atoms with E-state index in [0.29, 0.717) is 31.5 Å². The Morgan fingerprint density at radius 3 is 2.36 bits per heavy atom. The van der Waals surface area contributed by atoms with Crippen LogP contribution in [0, 0.1) is 0 Å². The Kier molecular flexibility index (Phi) is 5.28. The second-order valence-corrected chi connectivity index (χ2v) is 6.16. The summed E-state index contributed by atoms with van der Waals surface area (Å²) >= 11 is 0. The molecule has 6 heteroatoms. The third-order valence-electron chi connectivity index (χ3n) is 4.42. The van der Waals surface area contributed by atoms with Crippen LogP contribution in [0.15, 0.2) is 59.5 Å². The first kappa shape index (κ1) is 17.0. The number of amides is 2. The molecule has 2 amide bonds. The van der Waals surface area contributed by atoms with Crippen molar-refractivity contribution in [3.63, 3.8) is 0 Å². The molecular weight excluding hydrogens is 318 g/mol. The normalized spacial score (nSPS) is 15.0. The minimum Gasteiger partial charge on any atom is -0.349 e. The number of carbonyl (C=O) groups is 2. The predicted octanol–water partition coefficient (Wildman–Crippen LogP) is 1.27. The summed E-state index contributed by atoms with van der Waals surface area (Å²) in [5.74, 6) is -0.151. The Morgan fingerprint density at radius 2 is 1.68 bits per heavy atom. The van der Waals surface area contributed by atoms with E-state index in [2.05, 4.69) is 5.32 Å². The summed E-state index contributed by atoms with van der Waals surface area (Å²) in [6, 6.07) is 14.0. The number of benzene rings is 1. The summed E-state index contributed by atoms with van der Waals surface area (Å²) in [6.07, 6.45) is 3.05. The molecule has 1 N–H and O–H groups in total. The van der Waals surface area contributed by atoms with Gasteiger partial charge in [0, 0.05) is 37.0 Å². The van der Waals surface area contributed by atoms with Gasteiger partial charge < -0.3 is 14.8 Å². The van der Waals surface area contributed by atoms with Crippen LogP contribution in [0.5, 0.6) is 0 Å². The van der Waals surface area contributed by atoms with Crippen molar-refractivity contribution in [3.8, 4) is 0 Å². The first-order valence-corrected chi connectivity index (χ1v) is 8.42. The van der Waals surface area contributed by atoms with Crippen molar-refractivity contribution in [2.24, 2.45) is 0 Å². The minimum atomic E-state index is -0.180. The van der Waals surface area contributed by atoms with Crippen LogP contribution in [0.3, 0.4) is 0 Å². The lowest BCUT2D eigenvalue weighted by Crippen LogP contribution is -2.47. The second-order valence-electron chi connectivity index (χ2n) is 6.16. The van der Waals surface area contributed by atoms with Crippen molar-refractivity contribution in [1.82, 2.24) is 14.8 Å². The third-order valence-corrected chi connectivity index (χ3v) is 4.42. The fraction of sp³-hybridized carbons (Fsp3) is 0.316. The van der Waals surface area contributed by atoms with E-state index in [0.717, 1.165) is 0 Å². The molecule has 0 unspecified atom stereocenters. The molecule has 0 bridgehead atoms. The molecule has 0 radical (unpaired) electrons. The van der Waals surface area contributed by atoms with Crippen LogP contribution in [0.25, 0.3) is 0 Å². The van der Waals surface area contributed by atoms with E-state index in [1.165, 1.54) is 10.6 Å². The van der Waals surface area contributed by atoms with E-state index in [-0.39, 0.29) is 30.0 Å². The number of rotatable bonds is 4. The Labute approximate surface area is 146 Å². The standard InChI is InChI=1S/C19H21N3O3/c23-17-8-4-5-11-22(17)14-18(24)21-12-9-16(10-13-21)20-19(25)15-6-2-1-3-7-15/h1-8,11,16H,9-10,12-14H2,(H,20,25). The fourth-order valence-electron chi connectivity index (χ4n) is 2.97. The van der Waals surface area contributed by atoms with Crippen LogP contribution in [0.4, 0.5) is 0 Å². The van der Waals surface area contributed by atoms with E-state index in [1.54, 1.807) is 35.4 Å². The summed E-state index contributed by atoms with van der Waals surface area (Å²) in [5, 5.41) is 3.02. The van der Waals surface area contributed by atoms with Gasteiger partial charge in [-0.3, -0.25) is 14.4 Å². The molecule has 0 atom stereocenters. The lowest BCUT2D eigenvalue weighted by molar-refractivity contribution is -0.132. The van der Waals surface area contributed by atoms with Gasteiger partial charge in [0.05, 0.1) is 0 Å². The van der Waals surface area contributed by atoms with Crippen LogP contribution in [-0.4, -0.2) is 40.4 Å². The van der Waals surface area contributed by atoms with E-state index in [9.17, 15) is 14.4 Å². The van der Waals surface area contributed by atoms with Gasteiger partial charge in [-0.25, -0.2) is 0 Å². The molecule has 0 saturated carbocycles. The number of nitrogens with one attached hydrogen (secondary N) is 1. The molecular formula is C19H21N3O3. The molecule has 1 aromatic carbocycles. The lowest BCUT2D eigenvalue weighted by atomic mass is 10.0. The highest BCUT2D eigenvalue weighted by Gasteiger charge is 2.24. The van der Waals surface area contributed by atoms with Crippen molar-refractivity contribution < 1.29 is 9.59 Å². The van der Waals surface area contributed by atoms with Crippen molar-refractivity contribution >= 4 is 11.8 Å². The zero-order valence-corrected chi connectivity index (χ0v) is 13.9. The maximum Gasteiger partial charge on any atom is 0.251 e. The lowest BCUT2D eigenvalue weighted by Gasteiger charge is -2.32. The van der Waals surface area contributed by atoms with Crippen molar-refractivity contribution in [3.05, 3.63) is 70.6 Å². The number of pyridine rings is 1. The van der Waals surface area contributed by atoms with Crippen LogP contribution in [-0.2, 0) is 11.3 Å². The monoisotopic (exact) mass is 339 g/mol. The first-order chi connectivity index (χ1) is 12.1. The quantitative estimate of drug-likeness (QED) is 0.912. The largest absolute Gasteiger partial charge is 0.349 e. The van der Waals surface area contributed by atoms with E-state index >= 15 is 0 Å². The van der Waals surface area contributed by atoms with Gasteiger partial charge in [-0.2, -0.15) is 0 Å².